The summed E-state index contributed by atoms with van der Waals surface area (Å²) in [5.74, 6) is 0.323. The second kappa shape index (κ2) is 3.58. The molecular weight excluding hydrogens is 124 g/mol. The highest BCUT2D eigenvalue weighted by atomic mass is 14.9. The summed E-state index contributed by atoms with van der Waals surface area (Å²) < 4.78 is 0. The van der Waals surface area contributed by atoms with Crippen molar-refractivity contribution in [2.24, 2.45) is 5.92 Å². The number of nitrogens with one attached hydrogen (secondary N) is 1. The van der Waals surface area contributed by atoms with E-state index >= 15 is 0 Å². The Hall–Kier alpha value is -0.550. The maximum Gasteiger partial charge on any atom is 0.0656 e. The monoisotopic (exact) mass is 138 g/mol. The minimum absolute atomic E-state index is 0.323. The molecule has 0 radical (unpaired) electrons. The van der Waals surface area contributed by atoms with E-state index in [2.05, 4.69) is 18.3 Å². The molecule has 0 amide bonds. The molecule has 2 atom stereocenters. The van der Waals surface area contributed by atoms with E-state index in [1.807, 2.05) is 0 Å². The van der Waals surface area contributed by atoms with Crippen molar-refractivity contribution < 1.29 is 0 Å². The molecule has 0 aromatic heterocycles. The van der Waals surface area contributed by atoms with Crippen LogP contribution < -0.4 is 5.32 Å². The van der Waals surface area contributed by atoms with Gasteiger partial charge in [-0.1, -0.05) is 6.92 Å². The molecule has 1 N–H and O–H groups in total. The van der Waals surface area contributed by atoms with Crippen molar-refractivity contribution in [2.75, 3.05) is 6.54 Å². The van der Waals surface area contributed by atoms with Crippen LogP contribution in [0.4, 0.5) is 0 Å². The Balaban J connectivity index is 2.23. The van der Waals surface area contributed by atoms with Crippen molar-refractivity contribution in [3.05, 3.63) is 0 Å². The summed E-state index contributed by atoms with van der Waals surface area (Å²) in [7, 11) is 0. The minimum atomic E-state index is 0.323. The summed E-state index contributed by atoms with van der Waals surface area (Å²) >= 11 is 0. The largest absolute Gasteiger partial charge is 0.314 e. The van der Waals surface area contributed by atoms with Gasteiger partial charge in [0.05, 0.1) is 6.07 Å². The summed E-state index contributed by atoms with van der Waals surface area (Å²) in [5, 5.41) is 11.9. The lowest BCUT2D eigenvalue weighted by Crippen LogP contribution is -2.25. The highest BCUT2D eigenvalue weighted by Crippen LogP contribution is 2.24. The van der Waals surface area contributed by atoms with Gasteiger partial charge in [-0.05, 0) is 25.8 Å². The fourth-order valence-electron chi connectivity index (χ4n) is 1.57. The summed E-state index contributed by atoms with van der Waals surface area (Å²) in [6.07, 6.45) is 3.34. The zero-order valence-corrected chi connectivity index (χ0v) is 6.43. The Morgan fingerprint density at radius 3 is 2.90 bits per heavy atom. The Labute approximate surface area is 62.2 Å². The summed E-state index contributed by atoms with van der Waals surface area (Å²) in [4.78, 5) is 0. The van der Waals surface area contributed by atoms with Crippen LogP contribution in [0, 0.1) is 17.2 Å². The first kappa shape index (κ1) is 7.56. The summed E-state index contributed by atoms with van der Waals surface area (Å²) in [6, 6.07) is 2.93. The van der Waals surface area contributed by atoms with E-state index in [9.17, 15) is 0 Å². The van der Waals surface area contributed by atoms with Gasteiger partial charge in [-0.15, -0.1) is 0 Å². The molecule has 0 aliphatic heterocycles. The SMILES string of the molecule is CCNC1CCC(C#N)C1. The molecule has 2 heteroatoms. The molecular formula is C8H14N2. The first-order valence-electron chi connectivity index (χ1n) is 3.99. The van der Waals surface area contributed by atoms with Crippen molar-refractivity contribution in [3.63, 3.8) is 0 Å². The topological polar surface area (TPSA) is 35.8 Å². The third-order valence-electron chi connectivity index (χ3n) is 2.11. The van der Waals surface area contributed by atoms with Crippen LogP contribution in [0.3, 0.4) is 0 Å². The Morgan fingerprint density at radius 1 is 1.60 bits per heavy atom. The van der Waals surface area contributed by atoms with Crippen molar-refractivity contribution in [1.82, 2.24) is 5.32 Å². The molecule has 56 valence electrons. The van der Waals surface area contributed by atoms with E-state index in [-0.39, 0.29) is 0 Å². The van der Waals surface area contributed by atoms with Gasteiger partial charge in [-0.2, -0.15) is 5.26 Å². The van der Waals surface area contributed by atoms with Crippen LogP contribution >= 0.6 is 0 Å². The molecule has 0 spiro atoms. The van der Waals surface area contributed by atoms with Gasteiger partial charge in [0.25, 0.3) is 0 Å². The van der Waals surface area contributed by atoms with Gasteiger partial charge in [0.1, 0.15) is 0 Å². The smallest absolute Gasteiger partial charge is 0.0656 e. The normalized spacial score (nSPS) is 32.0. The fourth-order valence-corrected chi connectivity index (χ4v) is 1.57. The van der Waals surface area contributed by atoms with Crippen molar-refractivity contribution in [1.29, 1.82) is 5.26 Å². The summed E-state index contributed by atoms with van der Waals surface area (Å²) in [6.45, 7) is 3.14. The maximum atomic E-state index is 8.57. The standard InChI is InChI=1S/C8H14N2/c1-2-10-8-4-3-7(5-8)6-9/h7-8,10H,2-5H2,1H3. The van der Waals surface area contributed by atoms with E-state index in [1.54, 1.807) is 0 Å². The lowest BCUT2D eigenvalue weighted by atomic mass is 10.1. The van der Waals surface area contributed by atoms with E-state index in [1.165, 1.54) is 6.42 Å². The van der Waals surface area contributed by atoms with Crippen molar-refractivity contribution in [3.8, 4) is 6.07 Å². The van der Waals surface area contributed by atoms with E-state index in [0.29, 0.717) is 12.0 Å². The number of nitrogens with zero attached hydrogens (tertiary/aromatic N) is 1. The second-order valence-electron chi connectivity index (χ2n) is 2.89. The van der Waals surface area contributed by atoms with Crippen LogP contribution in [0.25, 0.3) is 0 Å². The van der Waals surface area contributed by atoms with E-state index in [0.717, 1.165) is 19.4 Å². The van der Waals surface area contributed by atoms with Crippen molar-refractivity contribution >= 4 is 0 Å². The molecule has 2 nitrogen and oxygen atoms in total. The maximum absolute atomic E-state index is 8.57. The van der Waals surface area contributed by atoms with Gasteiger partial charge in [-0.3, -0.25) is 0 Å². The number of rotatable bonds is 2. The molecule has 0 bridgehead atoms. The average molecular weight is 138 g/mol. The lowest BCUT2D eigenvalue weighted by molar-refractivity contribution is 0.532. The van der Waals surface area contributed by atoms with Gasteiger partial charge in [0.2, 0.25) is 0 Å². The van der Waals surface area contributed by atoms with Crippen LogP contribution in [0.1, 0.15) is 26.2 Å². The Kier molecular flexibility index (Phi) is 2.70. The lowest BCUT2D eigenvalue weighted by Gasteiger charge is -2.07. The first-order chi connectivity index (χ1) is 4.86. The number of nitriles is 1. The van der Waals surface area contributed by atoms with Gasteiger partial charge >= 0.3 is 0 Å². The first-order valence-corrected chi connectivity index (χ1v) is 3.99. The fraction of sp³-hybridized carbons (Fsp3) is 0.875. The molecule has 0 saturated heterocycles. The van der Waals surface area contributed by atoms with E-state index < -0.39 is 0 Å². The van der Waals surface area contributed by atoms with Gasteiger partial charge in [-0.25, -0.2) is 0 Å². The molecule has 0 heterocycles. The average Bonchev–Trinajstić information content (AvgIpc) is 2.37. The molecule has 1 rings (SSSR count). The van der Waals surface area contributed by atoms with E-state index in [4.69, 9.17) is 5.26 Å². The third kappa shape index (κ3) is 1.71. The van der Waals surface area contributed by atoms with Crippen LogP contribution in [0.15, 0.2) is 0 Å². The second-order valence-corrected chi connectivity index (χ2v) is 2.89. The number of hydrogen-bond donors (Lipinski definition) is 1. The quantitative estimate of drug-likeness (QED) is 0.624. The zero-order chi connectivity index (χ0) is 7.40. The van der Waals surface area contributed by atoms with Crippen LogP contribution in [-0.4, -0.2) is 12.6 Å². The highest BCUT2D eigenvalue weighted by molar-refractivity contribution is 4.92. The molecule has 1 saturated carbocycles. The Bertz CT molecular complexity index is 137. The Morgan fingerprint density at radius 2 is 2.40 bits per heavy atom. The van der Waals surface area contributed by atoms with Crippen LogP contribution in [0.5, 0.6) is 0 Å². The predicted octanol–water partition coefficient (Wildman–Crippen LogP) is 1.29. The molecule has 0 aromatic rings. The van der Waals surface area contributed by atoms with Crippen molar-refractivity contribution in [2.45, 2.75) is 32.2 Å². The zero-order valence-electron chi connectivity index (χ0n) is 6.43. The highest BCUT2D eigenvalue weighted by Gasteiger charge is 2.22. The molecule has 2 unspecified atom stereocenters. The number of hydrogen-bond acceptors (Lipinski definition) is 2. The molecule has 1 fully saturated rings. The molecule has 1 aliphatic rings. The third-order valence-corrected chi connectivity index (χ3v) is 2.11. The molecule has 0 aromatic carbocycles. The molecule has 1 aliphatic carbocycles. The van der Waals surface area contributed by atoms with Crippen LogP contribution in [0.2, 0.25) is 0 Å². The predicted molar refractivity (Wildman–Crippen MR) is 40.4 cm³/mol. The van der Waals surface area contributed by atoms with Gasteiger partial charge in [0, 0.05) is 12.0 Å². The summed E-state index contributed by atoms with van der Waals surface area (Å²) in [5.41, 5.74) is 0. The van der Waals surface area contributed by atoms with Gasteiger partial charge in [0.15, 0.2) is 0 Å². The van der Waals surface area contributed by atoms with Gasteiger partial charge < -0.3 is 5.32 Å². The molecule has 10 heavy (non-hydrogen) atoms. The van der Waals surface area contributed by atoms with Crippen LogP contribution in [-0.2, 0) is 0 Å². The minimum Gasteiger partial charge on any atom is -0.314 e.